The molecule has 1 aliphatic heterocycles. The molecule has 0 saturated carbocycles. The summed E-state index contributed by atoms with van der Waals surface area (Å²) in [5.74, 6) is -0.0404. The van der Waals surface area contributed by atoms with Gasteiger partial charge in [0.15, 0.2) is 0 Å². The number of amides is 3. The summed E-state index contributed by atoms with van der Waals surface area (Å²) in [5, 5.41) is 2.71. The molecule has 2 rings (SSSR count). The first-order valence-corrected chi connectivity index (χ1v) is 10.8. The van der Waals surface area contributed by atoms with Crippen LogP contribution in [-0.2, 0) is 14.3 Å². The van der Waals surface area contributed by atoms with Gasteiger partial charge in [0.1, 0.15) is 12.4 Å². The summed E-state index contributed by atoms with van der Waals surface area (Å²) in [6.07, 6.45) is -0.256. The lowest BCUT2D eigenvalue weighted by Crippen LogP contribution is -2.50. The molecule has 3 amide bonds. The Morgan fingerprint density at radius 2 is 1.94 bits per heavy atom. The molecular weight excluding hydrogens is 412 g/mol. The number of nitrogens with zero attached hydrogens (tertiary/aromatic N) is 3. The van der Waals surface area contributed by atoms with E-state index in [1.54, 1.807) is 37.3 Å². The average molecular weight is 449 g/mol. The molecule has 1 aliphatic rings. The van der Waals surface area contributed by atoms with Gasteiger partial charge in [0.2, 0.25) is 11.8 Å². The standard InChI is InChI=1S/C23H36N4O5/c1-15-11-27(22(29)13-25(4)5)16(2)14-32-20-9-8-18(24-17(3)28)10-19(20)23(30)26(6)12-21(15)31-7/h8-10,15-16,21H,11-14H2,1-7H3,(H,24,28)/t15-,16-,21+/m1/s1. The quantitative estimate of drug-likeness (QED) is 0.751. The van der Waals surface area contributed by atoms with Crippen molar-refractivity contribution >= 4 is 23.4 Å². The molecule has 0 fully saturated rings. The van der Waals surface area contributed by atoms with Crippen molar-refractivity contribution < 1.29 is 23.9 Å². The summed E-state index contributed by atoms with van der Waals surface area (Å²) >= 11 is 0. The maximum Gasteiger partial charge on any atom is 0.257 e. The Bertz CT molecular complexity index is 829. The third-order valence-electron chi connectivity index (χ3n) is 5.54. The van der Waals surface area contributed by atoms with Gasteiger partial charge in [-0.3, -0.25) is 14.4 Å². The Morgan fingerprint density at radius 1 is 1.25 bits per heavy atom. The molecule has 1 aromatic rings. The second-order valence-electron chi connectivity index (χ2n) is 8.77. The Morgan fingerprint density at radius 3 is 2.53 bits per heavy atom. The van der Waals surface area contributed by atoms with E-state index < -0.39 is 0 Å². The second kappa shape index (κ2) is 11.3. The number of fused-ring (bicyclic) bond motifs is 1. The van der Waals surface area contributed by atoms with E-state index >= 15 is 0 Å². The number of benzene rings is 1. The summed E-state index contributed by atoms with van der Waals surface area (Å²) < 4.78 is 11.7. The zero-order valence-corrected chi connectivity index (χ0v) is 20.2. The van der Waals surface area contributed by atoms with E-state index in [-0.39, 0.29) is 42.4 Å². The monoisotopic (exact) mass is 448 g/mol. The van der Waals surface area contributed by atoms with Crippen molar-refractivity contribution in [1.82, 2.24) is 14.7 Å². The minimum Gasteiger partial charge on any atom is -0.491 e. The molecule has 32 heavy (non-hydrogen) atoms. The maximum absolute atomic E-state index is 13.2. The fraction of sp³-hybridized carbons (Fsp3) is 0.609. The van der Waals surface area contributed by atoms with Crippen LogP contribution in [0, 0.1) is 5.92 Å². The number of anilines is 1. The van der Waals surface area contributed by atoms with Gasteiger partial charge in [0.05, 0.1) is 24.3 Å². The van der Waals surface area contributed by atoms with Crippen molar-refractivity contribution in [3.63, 3.8) is 0 Å². The fourth-order valence-electron chi connectivity index (χ4n) is 3.77. The number of nitrogens with one attached hydrogen (secondary N) is 1. The lowest BCUT2D eigenvalue weighted by Gasteiger charge is -2.36. The first-order chi connectivity index (χ1) is 15.0. The van der Waals surface area contributed by atoms with E-state index in [4.69, 9.17) is 9.47 Å². The molecule has 9 heteroatoms. The number of hydrogen-bond donors (Lipinski definition) is 1. The number of rotatable bonds is 4. The van der Waals surface area contributed by atoms with Crippen LogP contribution in [0.1, 0.15) is 31.1 Å². The van der Waals surface area contributed by atoms with E-state index in [0.717, 1.165) is 0 Å². The molecule has 1 N–H and O–H groups in total. The molecule has 0 saturated heterocycles. The Hall–Kier alpha value is -2.65. The third kappa shape index (κ3) is 6.67. The van der Waals surface area contributed by atoms with E-state index in [0.29, 0.717) is 36.6 Å². The minimum absolute atomic E-state index is 0.00609. The Labute approximate surface area is 190 Å². The number of carbonyl (C=O) groups is 3. The summed E-state index contributed by atoms with van der Waals surface area (Å²) in [5.41, 5.74) is 0.862. The van der Waals surface area contributed by atoms with Gasteiger partial charge in [-0.25, -0.2) is 0 Å². The topological polar surface area (TPSA) is 91.4 Å². The highest BCUT2D eigenvalue weighted by atomic mass is 16.5. The van der Waals surface area contributed by atoms with E-state index in [2.05, 4.69) is 5.32 Å². The van der Waals surface area contributed by atoms with Crippen LogP contribution >= 0.6 is 0 Å². The number of likely N-dealkylation sites (N-methyl/N-ethyl adjacent to an activating group) is 2. The highest BCUT2D eigenvalue weighted by Crippen LogP contribution is 2.26. The number of methoxy groups -OCH3 is 1. The predicted octanol–water partition coefficient (Wildman–Crippen LogP) is 1.54. The number of carbonyl (C=O) groups excluding carboxylic acids is 3. The van der Waals surface area contributed by atoms with Crippen LogP contribution in [0.4, 0.5) is 5.69 Å². The zero-order valence-electron chi connectivity index (χ0n) is 20.2. The zero-order chi connectivity index (χ0) is 24.0. The molecule has 9 nitrogen and oxygen atoms in total. The number of hydrogen-bond acceptors (Lipinski definition) is 6. The van der Waals surface area contributed by atoms with Crippen LogP contribution in [0.5, 0.6) is 5.75 Å². The predicted molar refractivity (Wildman–Crippen MR) is 123 cm³/mol. The lowest BCUT2D eigenvalue weighted by molar-refractivity contribution is -0.136. The van der Waals surface area contributed by atoms with Crippen molar-refractivity contribution in [2.45, 2.75) is 32.9 Å². The Kier molecular flexibility index (Phi) is 9.03. The molecule has 1 aromatic carbocycles. The van der Waals surface area contributed by atoms with E-state index in [1.807, 2.05) is 37.7 Å². The van der Waals surface area contributed by atoms with Gasteiger partial charge in [0, 0.05) is 45.8 Å². The largest absolute Gasteiger partial charge is 0.491 e. The van der Waals surface area contributed by atoms with Crippen LogP contribution in [0.25, 0.3) is 0 Å². The van der Waals surface area contributed by atoms with Gasteiger partial charge in [-0.1, -0.05) is 6.92 Å². The SMILES string of the molecule is CO[C@H]1CN(C)C(=O)c2cc(NC(C)=O)ccc2OC[C@@H](C)N(C(=O)CN(C)C)C[C@H]1C. The minimum atomic E-state index is -0.256. The molecular formula is C23H36N4O5. The van der Waals surface area contributed by atoms with E-state index in [9.17, 15) is 14.4 Å². The van der Waals surface area contributed by atoms with Gasteiger partial charge in [-0.05, 0) is 39.2 Å². The lowest BCUT2D eigenvalue weighted by atomic mass is 10.0. The first-order valence-electron chi connectivity index (χ1n) is 10.8. The third-order valence-corrected chi connectivity index (χ3v) is 5.54. The fourth-order valence-corrected chi connectivity index (χ4v) is 3.77. The average Bonchev–Trinajstić information content (AvgIpc) is 2.71. The molecule has 1 heterocycles. The van der Waals surface area contributed by atoms with Gasteiger partial charge < -0.3 is 29.5 Å². The smallest absolute Gasteiger partial charge is 0.257 e. The molecule has 0 aromatic heterocycles. The summed E-state index contributed by atoms with van der Waals surface area (Å²) in [7, 11) is 7.05. The number of ether oxygens (including phenoxy) is 2. The normalized spacial score (nSPS) is 22.5. The summed E-state index contributed by atoms with van der Waals surface area (Å²) in [6, 6.07) is 4.77. The van der Waals surface area contributed by atoms with Crippen LogP contribution < -0.4 is 10.1 Å². The van der Waals surface area contributed by atoms with Gasteiger partial charge in [-0.2, -0.15) is 0 Å². The van der Waals surface area contributed by atoms with Crippen LogP contribution in [-0.4, -0.2) is 99.1 Å². The second-order valence-corrected chi connectivity index (χ2v) is 8.77. The Balaban J connectivity index is 2.44. The van der Waals surface area contributed by atoms with Crippen LogP contribution in [0.3, 0.4) is 0 Å². The molecule has 0 unspecified atom stereocenters. The van der Waals surface area contributed by atoms with E-state index in [1.165, 1.54) is 6.92 Å². The van der Waals surface area contributed by atoms with Crippen molar-refractivity contribution in [2.24, 2.45) is 5.92 Å². The summed E-state index contributed by atoms with van der Waals surface area (Å²) in [6.45, 7) is 6.74. The van der Waals surface area contributed by atoms with Crippen molar-refractivity contribution in [1.29, 1.82) is 0 Å². The molecule has 0 radical (unpaired) electrons. The highest BCUT2D eigenvalue weighted by molar-refractivity contribution is 5.99. The molecule has 3 atom stereocenters. The maximum atomic E-state index is 13.2. The van der Waals surface area contributed by atoms with Gasteiger partial charge in [-0.15, -0.1) is 0 Å². The molecule has 0 aliphatic carbocycles. The van der Waals surface area contributed by atoms with Crippen molar-refractivity contribution in [3.05, 3.63) is 23.8 Å². The van der Waals surface area contributed by atoms with Crippen molar-refractivity contribution in [3.8, 4) is 5.75 Å². The van der Waals surface area contributed by atoms with Gasteiger partial charge >= 0.3 is 0 Å². The highest BCUT2D eigenvalue weighted by Gasteiger charge is 2.30. The molecule has 0 bridgehead atoms. The van der Waals surface area contributed by atoms with Crippen molar-refractivity contribution in [2.75, 3.05) is 59.8 Å². The summed E-state index contributed by atoms with van der Waals surface area (Å²) in [4.78, 5) is 42.9. The molecule has 178 valence electrons. The van der Waals surface area contributed by atoms with Gasteiger partial charge in [0.25, 0.3) is 5.91 Å². The first kappa shape index (κ1) is 25.6. The van der Waals surface area contributed by atoms with Crippen LogP contribution in [0.15, 0.2) is 18.2 Å². The van der Waals surface area contributed by atoms with Crippen LogP contribution in [0.2, 0.25) is 0 Å². The molecule has 0 spiro atoms.